The normalized spacial score (nSPS) is 17.3. The van der Waals surface area contributed by atoms with Gasteiger partial charge in [-0.2, -0.15) is 0 Å². The van der Waals surface area contributed by atoms with Crippen molar-refractivity contribution in [1.82, 2.24) is 19.9 Å². The first-order valence-corrected chi connectivity index (χ1v) is 9.79. The number of ether oxygens (including phenoxy) is 1. The van der Waals surface area contributed by atoms with Gasteiger partial charge >= 0.3 is 6.09 Å². The van der Waals surface area contributed by atoms with E-state index in [1.165, 1.54) is 0 Å². The zero-order valence-electron chi connectivity index (χ0n) is 16.2. The lowest BCUT2D eigenvalue weighted by molar-refractivity contribution is 0.0219. The topological polar surface area (TPSA) is 71.1 Å². The second kappa shape index (κ2) is 7.09. The molecule has 1 aliphatic rings. The van der Waals surface area contributed by atoms with E-state index >= 15 is 0 Å². The van der Waals surface area contributed by atoms with Crippen LogP contribution >= 0.6 is 11.6 Å². The largest absolute Gasteiger partial charge is 0.444 e. The van der Waals surface area contributed by atoms with Crippen LogP contribution in [0.1, 0.15) is 45.5 Å². The Morgan fingerprint density at radius 2 is 2.04 bits per heavy atom. The van der Waals surface area contributed by atoms with Crippen LogP contribution in [0.25, 0.3) is 22.2 Å². The molecule has 1 unspecified atom stereocenters. The Morgan fingerprint density at radius 1 is 1.25 bits per heavy atom. The quantitative estimate of drug-likeness (QED) is 0.590. The van der Waals surface area contributed by atoms with Crippen LogP contribution in [0.15, 0.2) is 36.5 Å². The summed E-state index contributed by atoms with van der Waals surface area (Å²) in [6.45, 7) is 6.32. The number of hydrogen-bond donors (Lipinski definition) is 1. The van der Waals surface area contributed by atoms with E-state index in [0.29, 0.717) is 11.7 Å². The Bertz CT molecular complexity index is 1010. The van der Waals surface area contributed by atoms with Crippen LogP contribution in [0.3, 0.4) is 0 Å². The number of carbonyl (C=O) groups is 1. The summed E-state index contributed by atoms with van der Waals surface area (Å²) in [7, 11) is 0. The molecule has 7 heteroatoms. The number of fused-ring (bicyclic) bond motifs is 1. The van der Waals surface area contributed by atoms with E-state index in [2.05, 4.69) is 9.97 Å². The number of H-pyrrole nitrogens is 1. The molecule has 1 aliphatic heterocycles. The molecule has 0 saturated carbocycles. The number of pyridine rings is 1. The summed E-state index contributed by atoms with van der Waals surface area (Å²) >= 11 is 5.88. The van der Waals surface area contributed by atoms with E-state index in [1.54, 1.807) is 17.2 Å². The highest BCUT2D eigenvalue weighted by atomic mass is 35.5. The number of hydrogen-bond acceptors (Lipinski definition) is 4. The van der Waals surface area contributed by atoms with Crippen LogP contribution in [0.2, 0.25) is 5.15 Å². The van der Waals surface area contributed by atoms with Gasteiger partial charge in [0, 0.05) is 18.3 Å². The lowest BCUT2D eigenvalue weighted by Crippen LogP contribution is -2.36. The third kappa shape index (κ3) is 3.83. The zero-order valence-corrected chi connectivity index (χ0v) is 17.0. The Kier molecular flexibility index (Phi) is 4.75. The number of rotatable bonds is 2. The van der Waals surface area contributed by atoms with Crippen LogP contribution in [0.4, 0.5) is 4.79 Å². The molecule has 1 saturated heterocycles. The van der Waals surface area contributed by atoms with Gasteiger partial charge in [0.15, 0.2) is 0 Å². The minimum Gasteiger partial charge on any atom is -0.444 e. The van der Waals surface area contributed by atoms with Gasteiger partial charge in [-0.05, 0) is 63.4 Å². The van der Waals surface area contributed by atoms with E-state index in [-0.39, 0.29) is 12.1 Å². The minimum absolute atomic E-state index is 0.0945. The monoisotopic (exact) mass is 398 g/mol. The van der Waals surface area contributed by atoms with Gasteiger partial charge in [0.2, 0.25) is 0 Å². The Hall–Kier alpha value is -2.60. The number of nitrogens with zero attached hydrogens (tertiary/aromatic N) is 3. The number of likely N-dealkylation sites (tertiary alicyclic amines) is 1. The summed E-state index contributed by atoms with van der Waals surface area (Å²) in [5.74, 6) is 0.796. The van der Waals surface area contributed by atoms with Gasteiger partial charge in [0.25, 0.3) is 0 Å². The minimum atomic E-state index is -0.514. The summed E-state index contributed by atoms with van der Waals surface area (Å²) in [4.78, 5) is 26.6. The highest BCUT2D eigenvalue weighted by Crippen LogP contribution is 2.33. The van der Waals surface area contributed by atoms with Crippen molar-refractivity contribution in [2.75, 3.05) is 6.54 Å². The van der Waals surface area contributed by atoms with Crippen LogP contribution in [-0.4, -0.2) is 38.1 Å². The molecule has 0 bridgehead atoms. The SMILES string of the molecule is CC(C)(C)OC(=O)N1CCCC1c1nc2ccc(-c3ccc(Cl)nc3)cc2[nH]1. The third-order valence-electron chi connectivity index (χ3n) is 4.76. The van der Waals surface area contributed by atoms with Crippen molar-refractivity contribution in [1.29, 1.82) is 0 Å². The van der Waals surface area contributed by atoms with Gasteiger partial charge in [-0.3, -0.25) is 4.90 Å². The molecule has 3 heterocycles. The second-order valence-corrected chi connectivity index (χ2v) is 8.44. The number of carbonyl (C=O) groups excluding carboxylic acids is 1. The number of nitrogens with one attached hydrogen (secondary N) is 1. The van der Waals surface area contributed by atoms with Crippen molar-refractivity contribution in [3.8, 4) is 11.1 Å². The molecule has 4 rings (SSSR count). The average molecular weight is 399 g/mol. The Morgan fingerprint density at radius 3 is 2.75 bits per heavy atom. The van der Waals surface area contributed by atoms with Crippen molar-refractivity contribution in [2.45, 2.75) is 45.3 Å². The Balaban J connectivity index is 1.62. The molecule has 0 spiro atoms. The van der Waals surface area contributed by atoms with Crippen molar-refractivity contribution < 1.29 is 9.53 Å². The van der Waals surface area contributed by atoms with Crippen molar-refractivity contribution in [2.24, 2.45) is 0 Å². The fourth-order valence-corrected chi connectivity index (χ4v) is 3.62. The van der Waals surface area contributed by atoms with Crippen molar-refractivity contribution >= 4 is 28.7 Å². The zero-order chi connectivity index (χ0) is 19.9. The molecule has 0 aliphatic carbocycles. The number of halogens is 1. The molecular weight excluding hydrogens is 376 g/mol. The van der Waals surface area contributed by atoms with Crippen LogP contribution in [0, 0.1) is 0 Å². The molecule has 1 fully saturated rings. The van der Waals surface area contributed by atoms with Gasteiger partial charge in [0.1, 0.15) is 16.6 Å². The van der Waals surface area contributed by atoms with Crippen LogP contribution in [-0.2, 0) is 4.74 Å². The molecule has 1 amide bonds. The number of aromatic amines is 1. The lowest BCUT2D eigenvalue weighted by Gasteiger charge is -2.27. The van der Waals surface area contributed by atoms with Crippen LogP contribution < -0.4 is 0 Å². The fraction of sp³-hybridized carbons (Fsp3) is 0.381. The first kappa shape index (κ1) is 18.7. The fourth-order valence-electron chi connectivity index (χ4n) is 3.50. The first-order chi connectivity index (χ1) is 13.3. The van der Waals surface area contributed by atoms with Crippen LogP contribution in [0.5, 0.6) is 0 Å². The number of benzene rings is 1. The summed E-state index contributed by atoms with van der Waals surface area (Å²) in [5.41, 5.74) is 3.30. The van der Waals surface area contributed by atoms with Crippen molar-refractivity contribution in [3.05, 3.63) is 47.5 Å². The molecule has 6 nitrogen and oxygen atoms in total. The Labute approximate surface area is 168 Å². The molecule has 1 atom stereocenters. The highest BCUT2D eigenvalue weighted by molar-refractivity contribution is 6.29. The molecule has 146 valence electrons. The molecule has 3 aromatic rings. The smallest absolute Gasteiger partial charge is 0.410 e. The third-order valence-corrected chi connectivity index (χ3v) is 4.98. The molecular formula is C21H23ClN4O2. The summed E-state index contributed by atoms with van der Waals surface area (Å²) in [6, 6.07) is 9.65. The lowest BCUT2D eigenvalue weighted by atomic mass is 10.1. The number of aromatic nitrogens is 3. The average Bonchev–Trinajstić information content (AvgIpc) is 3.27. The number of amides is 1. The first-order valence-electron chi connectivity index (χ1n) is 9.41. The molecule has 0 radical (unpaired) electrons. The number of imidazole rings is 1. The van der Waals surface area contributed by atoms with E-state index < -0.39 is 5.60 Å². The van der Waals surface area contributed by atoms with E-state index in [0.717, 1.165) is 40.8 Å². The van der Waals surface area contributed by atoms with E-state index in [1.807, 2.05) is 45.0 Å². The highest BCUT2D eigenvalue weighted by Gasteiger charge is 2.34. The second-order valence-electron chi connectivity index (χ2n) is 8.06. The van der Waals surface area contributed by atoms with E-state index in [4.69, 9.17) is 21.3 Å². The van der Waals surface area contributed by atoms with Crippen molar-refractivity contribution in [3.63, 3.8) is 0 Å². The van der Waals surface area contributed by atoms with Gasteiger partial charge in [-0.1, -0.05) is 17.7 Å². The van der Waals surface area contributed by atoms with E-state index in [9.17, 15) is 4.79 Å². The van der Waals surface area contributed by atoms with Gasteiger partial charge in [-0.15, -0.1) is 0 Å². The predicted octanol–water partition coefficient (Wildman–Crippen LogP) is 5.35. The van der Waals surface area contributed by atoms with Gasteiger partial charge in [0.05, 0.1) is 17.1 Å². The maximum atomic E-state index is 12.6. The molecule has 1 aromatic carbocycles. The molecule has 1 N–H and O–H groups in total. The van der Waals surface area contributed by atoms with Gasteiger partial charge in [-0.25, -0.2) is 14.8 Å². The summed E-state index contributed by atoms with van der Waals surface area (Å²) < 4.78 is 5.56. The molecule has 28 heavy (non-hydrogen) atoms. The summed E-state index contributed by atoms with van der Waals surface area (Å²) in [5, 5.41) is 0.470. The molecule has 2 aromatic heterocycles. The van der Waals surface area contributed by atoms with Gasteiger partial charge < -0.3 is 9.72 Å². The standard InChI is InChI=1S/C21H23ClN4O2/c1-21(2,3)28-20(27)26-10-4-5-17(26)19-24-15-8-6-13(11-16(15)25-19)14-7-9-18(22)23-12-14/h6-9,11-12,17H,4-5,10H2,1-3H3,(H,24,25). The maximum Gasteiger partial charge on any atom is 0.410 e. The predicted molar refractivity (Wildman–Crippen MR) is 109 cm³/mol. The summed E-state index contributed by atoms with van der Waals surface area (Å²) in [6.07, 6.45) is 3.26. The maximum absolute atomic E-state index is 12.6.